The molecule has 0 spiro atoms. The van der Waals surface area contributed by atoms with Crippen molar-refractivity contribution in [1.29, 1.82) is 0 Å². The maximum Gasteiger partial charge on any atom is 0.404 e. The third-order valence-electron chi connectivity index (χ3n) is 4.50. The summed E-state index contributed by atoms with van der Waals surface area (Å²) < 4.78 is 53.4. The SMILES string of the molecule is CC(=O)Nc1ncc(CN2CC(Cc3ncc(F)cn3)CC[C@@H]2C(F)(F)F)s1. The monoisotopic (exact) mass is 417 g/mol. The molecule has 152 valence electrons. The van der Waals surface area contributed by atoms with Crippen LogP contribution < -0.4 is 5.32 Å². The number of hydrogen-bond acceptors (Lipinski definition) is 6. The van der Waals surface area contributed by atoms with Crippen molar-refractivity contribution in [2.75, 3.05) is 11.9 Å². The van der Waals surface area contributed by atoms with Crippen LogP contribution in [0.4, 0.5) is 22.7 Å². The molecule has 1 N–H and O–H groups in total. The second-order valence-electron chi connectivity index (χ2n) is 6.76. The van der Waals surface area contributed by atoms with Gasteiger partial charge in [0.2, 0.25) is 5.91 Å². The number of hydrogen-bond donors (Lipinski definition) is 1. The molecule has 6 nitrogen and oxygen atoms in total. The van der Waals surface area contributed by atoms with Crippen LogP contribution in [0.1, 0.15) is 30.5 Å². The number of thiazole rings is 1. The van der Waals surface area contributed by atoms with Crippen LogP contribution in [0.25, 0.3) is 0 Å². The maximum absolute atomic E-state index is 13.5. The van der Waals surface area contributed by atoms with Crippen molar-refractivity contribution in [3.8, 4) is 0 Å². The van der Waals surface area contributed by atoms with Crippen LogP contribution in [0.2, 0.25) is 0 Å². The fraction of sp³-hybridized carbons (Fsp3) is 0.529. The van der Waals surface area contributed by atoms with Crippen LogP contribution in [-0.4, -0.2) is 44.5 Å². The quantitative estimate of drug-likeness (QED) is 0.755. The lowest BCUT2D eigenvalue weighted by molar-refractivity contribution is -0.196. The molecule has 1 amide bonds. The van der Waals surface area contributed by atoms with Gasteiger partial charge in [-0.25, -0.2) is 19.3 Å². The van der Waals surface area contributed by atoms with Crippen LogP contribution in [-0.2, 0) is 17.8 Å². The Bertz CT molecular complexity index is 811. The summed E-state index contributed by atoms with van der Waals surface area (Å²) in [7, 11) is 0. The number of piperidine rings is 1. The highest BCUT2D eigenvalue weighted by atomic mass is 32.1. The minimum Gasteiger partial charge on any atom is -0.302 e. The van der Waals surface area contributed by atoms with E-state index in [1.807, 2.05) is 0 Å². The van der Waals surface area contributed by atoms with Gasteiger partial charge in [-0.2, -0.15) is 13.2 Å². The molecule has 2 aromatic rings. The Morgan fingerprint density at radius 1 is 1.25 bits per heavy atom. The fourth-order valence-corrected chi connectivity index (χ4v) is 4.21. The normalized spacial score (nSPS) is 20.9. The molecule has 3 rings (SSSR count). The topological polar surface area (TPSA) is 71.0 Å². The molecule has 0 aromatic carbocycles. The van der Waals surface area contributed by atoms with Gasteiger partial charge in [-0.1, -0.05) is 0 Å². The van der Waals surface area contributed by atoms with Crippen molar-refractivity contribution in [3.05, 3.63) is 35.1 Å². The number of alkyl halides is 3. The molecular formula is C17H19F4N5OS. The summed E-state index contributed by atoms with van der Waals surface area (Å²) in [6, 6.07) is -1.54. The van der Waals surface area contributed by atoms with E-state index in [9.17, 15) is 22.4 Å². The van der Waals surface area contributed by atoms with Gasteiger partial charge in [-0.3, -0.25) is 9.69 Å². The highest BCUT2D eigenvalue weighted by molar-refractivity contribution is 7.15. The van der Waals surface area contributed by atoms with Gasteiger partial charge in [0.05, 0.1) is 12.4 Å². The zero-order chi connectivity index (χ0) is 20.3. The summed E-state index contributed by atoms with van der Waals surface area (Å²) in [4.78, 5) is 25.0. The molecule has 2 aromatic heterocycles. The molecule has 1 saturated heterocycles. The van der Waals surface area contributed by atoms with E-state index in [1.165, 1.54) is 18.0 Å². The Kier molecular flexibility index (Phi) is 6.23. The minimum atomic E-state index is -4.33. The molecule has 0 aliphatic carbocycles. The maximum atomic E-state index is 13.5. The number of anilines is 1. The molecule has 0 saturated carbocycles. The molecule has 0 radical (unpaired) electrons. The molecular weight excluding hydrogens is 398 g/mol. The summed E-state index contributed by atoms with van der Waals surface area (Å²) in [5, 5.41) is 2.89. The molecule has 11 heteroatoms. The Balaban J connectivity index is 1.70. The van der Waals surface area contributed by atoms with E-state index in [0.29, 0.717) is 28.7 Å². The van der Waals surface area contributed by atoms with E-state index in [4.69, 9.17) is 0 Å². The average molecular weight is 417 g/mol. The van der Waals surface area contributed by atoms with Gasteiger partial charge >= 0.3 is 6.18 Å². The van der Waals surface area contributed by atoms with Crippen LogP contribution in [0, 0.1) is 11.7 Å². The van der Waals surface area contributed by atoms with Gasteiger partial charge in [-0.05, 0) is 18.8 Å². The Hall–Kier alpha value is -2.14. The standard InChI is InChI=1S/C17H19F4N5OS/c1-10(27)25-16-24-7-13(28-16)9-26-8-11(2-3-14(26)17(19,20)21)4-15-22-5-12(18)6-23-15/h5-7,11,14H,2-4,8-9H2,1H3,(H,24,25,27)/t11?,14-/m1/s1. The highest BCUT2D eigenvalue weighted by Gasteiger charge is 2.46. The Labute approximate surface area is 163 Å². The molecule has 1 fully saturated rings. The van der Waals surface area contributed by atoms with Crippen LogP contribution >= 0.6 is 11.3 Å². The minimum absolute atomic E-state index is 0.0211. The molecule has 28 heavy (non-hydrogen) atoms. The number of halogens is 4. The number of likely N-dealkylation sites (tertiary alicyclic amines) is 1. The van der Waals surface area contributed by atoms with Crippen molar-refractivity contribution in [1.82, 2.24) is 19.9 Å². The van der Waals surface area contributed by atoms with Gasteiger partial charge in [0.1, 0.15) is 11.9 Å². The van der Waals surface area contributed by atoms with E-state index in [0.717, 1.165) is 23.7 Å². The second kappa shape index (κ2) is 8.48. The van der Waals surface area contributed by atoms with E-state index in [-0.39, 0.29) is 31.3 Å². The predicted octanol–water partition coefficient (Wildman–Crippen LogP) is 3.42. The lowest BCUT2D eigenvalue weighted by Gasteiger charge is -2.40. The molecule has 1 unspecified atom stereocenters. The van der Waals surface area contributed by atoms with Crippen molar-refractivity contribution < 1.29 is 22.4 Å². The molecule has 3 heterocycles. The summed E-state index contributed by atoms with van der Waals surface area (Å²) in [6.45, 7) is 1.65. The summed E-state index contributed by atoms with van der Waals surface area (Å²) >= 11 is 1.16. The third kappa shape index (κ3) is 5.44. The van der Waals surface area contributed by atoms with Crippen molar-refractivity contribution >= 4 is 22.4 Å². The third-order valence-corrected chi connectivity index (χ3v) is 5.40. The first-order valence-electron chi connectivity index (χ1n) is 8.70. The van der Waals surface area contributed by atoms with Crippen LogP contribution in [0.15, 0.2) is 18.6 Å². The molecule has 1 aliphatic heterocycles. The van der Waals surface area contributed by atoms with Crippen molar-refractivity contribution in [2.24, 2.45) is 5.92 Å². The van der Waals surface area contributed by atoms with E-state index in [2.05, 4.69) is 20.3 Å². The van der Waals surface area contributed by atoms with Gasteiger partial charge in [0.25, 0.3) is 0 Å². The zero-order valence-electron chi connectivity index (χ0n) is 15.0. The van der Waals surface area contributed by atoms with E-state index in [1.54, 1.807) is 0 Å². The summed E-state index contributed by atoms with van der Waals surface area (Å²) in [5.74, 6) is -0.480. The first-order chi connectivity index (χ1) is 13.2. The Morgan fingerprint density at radius 2 is 1.96 bits per heavy atom. The highest BCUT2D eigenvalue weighted by Crippen LogP contribution is 2.36. The fourth-order valence-electron chi connectivity index (χ4n) is 3.33. The van der Waals surface area contributed by atoms with Gasteiger partial charge in [0, 0.05) is 37.5 Å². The van der Waals surface area contributed by atoms with Crippen molar-refractivity contribution in [2.45, 2.75) is 44.9 Å². The van der Waals surface area contributed by atoms with E-state index < -0.39 is 18.0 Å². The van der Waals surface area contributed by atoms with Crippen LogP contribution in [0.5, 0.6) is 0 Å². The molecule has 0 bridgehead atoms. The van der Waals surface area contributed by atoms with Gasteiger partial charge < -0.3 is 5.32 Å². The lowest BCUT2D eigenvalue weighted by atomic mass is 9.89. The van der Waals surface area contributed by atoms with E-state index >= 15 is 0 Å². The summed E-state index contributed by atoms with van der Waals surface area (Å²) in [6.07, 6.45) is 0.0261. The van der Waals surface area contributed by atoms with Crippen molar-refractivity contribution in [3.63, 3.8) is 0 Å². The lowest BCUT2D eigenvalue weighted by Crippen LogP contribution is -2.50. The second-order valence-corrected chi connectivity index (χ2v) is 7.88. The molecule has 2 atom stereocenters. The number of carbonyl (C=O) groups excluding carboxylic acids is 1. The first-order valence-corrected chi connectivity index (χ1v) is 9.52. The summed E-state index contributed by atoms with van der Waals surface area (Å²) in [5.41, 5.74) is 0. The molecule has 1 aliphatic rings. The van der Waals surface area contributed by atoms with Crippen LogP contribution in [0.3, 0.4) is 0 Å². The van der Waals surface area contributed by atoms with Gasteiger partial charge in [0.15, 0.2) is 10.9 Å². The number of aromatic nitrogens is 3. The zero-order valence-corrected chi connectivity index (χ0v) is 15.9. The number of nitrogens with one attached hydrogen (secondary N) is 1. The number of nitrogens with zero attached hydrogens (tertiary/aromatic N) is 4. The average Bonchev–Trinajstić information content (AvgIpc) is 3.02. The number of rotatable bonds is 5. The number of carbonyl (C=O) groups is 1. The van der Waals surface area contributed by atoms with Gasteiger partial charge in [-0.15, -0.1) is 11.3 Å². The first kappa shape index (κ1) is 20.6. The predicted molar refractivity (Wildman–Crippen MR) is 95.1 cm³/mol. The Morgan fingerprint density at radius 3 is 2.61 bits per heavy atom. The number of amides is 1. The largest absolute Gasteiger partial charge is 0.404 e. The smallest absolute Gasteiger partial charge is 0.302 e.